The highest BCUT2D eigenvalue weighted by Gasteiger charge is 2.55. The molecule has 83 heavy (non-hydrogen) atoms. The number of para-hydroxylation sites is 4. The summed E-state index contributed by atoms with van der Waals surface area (Å²) in [4.78, 5) is 10.0. The zero-order valence-electron chi connectivity index (χ0n) is 50.4. The summed E-state index contributed by atoms with van der Waals surface area (Å²) in [6.07, 6.45) is 0. The molecule has 11 aromatic rings. The number of fused-ring (bicyclic) bond motifs is 15. The van der Waals surface area contributed by atoms with Crippen molar-refractivity contribution < 1.29 is 0 Å². The van der Waals surface area contributed by atoms with Crippen LogP contribution >= 0.6 is 11.3 Å². The van der Waals surface area contributed by atoms with Crippen molar-refractivity contribution in [2.24, 2.45) is 0 Å². The average molecular weight is 1100 g/mol. The van der Waals surface area contributed by atoms with Crippen molar-refractivity contribution in [2.45, 2.75) is 110 Å². The molecule has 4 nitrogen and oxygen atoms in total. The fourth-order valence-corrected chi connectivity index (χ4v) is 15.0. The summed E-state index contributed by atoms with van der Waals surface area (Å²) in [6.45, 7) is 27.6. The Hall–Kier alpha value is -8.38. The molecule has 0 saturated carbocycles. The van der Waals surface area contributed by atoms with Gasteiger partial charge in [-0.2, -0.15) is 0 Å². The third-order valence-electron chi connectivity index (χ3n) is 18.2. The van der Waals surface area contributed by atoms with Gasteiger partial charge in [-0.15, -0.1) is 11.3 Å². The molecule has 1 aromatic heterocycles. The second-order valence-corrected chi connectivity index (χ2v) is 28.6. The van der Waals surface area contributed by atoms with E-state index in [1.807, 2.05) is 11.3 Å². The SMILES string of the molecule is CN1c2ccccc2N2c3ccccc3C3(c4cc(N(c5ccc(C(C)(C)C)cc5)c5ccc(C(C)(C)C)cc5)ccc4-c4c3cc(N(c3ccc(C(C)(C)C)cc3)c3ccc(C(C)(C)C)cc3)c3sc5ccccc5c43)c3cccc1c32. The van der Waals surface area contributed by atoms with Crippen molar-refractivity contribution in [3.8, 4) is 11.1 Å². The Labute approximate surface area is 495 Å². The molecular formula is C78H74N4S. The minimum Gasteiger partial charge on any atom is -0.341 e. The summed E-state index contributed by atoms with van der Waals surface area (Å²) < 4.78 is 2.54. The van der Waals surface area contributed by atoms with E-state index >= 15 is 0 Å². The number of benzene rings is 10. The van der Waals surface area contributed by atoms with E-state index in [0.717, 1.165) is 28.4 Å². The van der Waals surface area contributed by atoms with Crippen LogP contribution in [0.25, 0.3) is 31.3 Å². The minimum absolute atomic E-state index is 0.00591. The zero-order chi connectivity index (χ0) is 57.7. The van der Waals surface area contributed by atoms with Crippen molar-refractivity contribution in [3.63, 3.8) is 0 Å². The lowest BCUT2D eigenvalue weighted by atomic mass is 9.64. The van der Waals surface area contributed by atoms with Gasteiger partial charge in [0.1, 0.15) is 0 Å². The zero-order valence-corrected chi connectivity index (χ0v) is 51.2. The van der Waals surface area contributed by atoms with Gasteiger partial charge in [-0.1, -0.05) is 198 Å². The monoisotopic (exact) mass is 1100 g/mol. The second kappa shape index (κ2) is 18.6. The first kappa shape index (κ1) is 52.7. The van der Waals surface area contributed by atoms with Gasteiger partial charge in [-0.25, -0.2) is 0 Å². The molecule has 0 amide bonds. The van der Waals surface area contributed by atoms with Crippen LogP contribution in [0.15, 0.2) is 212 Å². The van der Waals surface area contributed by atoms with E-state index in [1.54, 1.807) is 0 Å². The molecule has 1 spiro atoms. The number of hydrogen-bond donors (Lipinski definition) is 0. The first-order valence-electron chi connectivity index (χ1n) is 29.6. The van der Waals surface area contributed by atoms with Crippen LogP contribution in [0.3, 0.4) is 0 Å². The molecule has 1 unspecified atom stereocenters. The molecule has 0 saturated heterocycles. The highest BCUT2D eigenvalue weighted by molar-refractivity contribution is 7.26. The molecule has 0 bridgehead atoms. The van der Waals surface area contributed by atoms with E-state index in [-0.39, 0.29) is 21.7 Å². The fraction of sp³-hybridized carbons (Fsp3) is 0.231. The predicted octanol–water partition coefficient (Wildman–Crippen LogP) is 22.4. The van der Waals surface area contributed by atoms with E-state index in [9.17, 15) is 0 Å². The lowest BCUT2D eigenvalue weighted by molar-refractivity contribution is 0.590. The van der Waals surface area contributed by atoms with Gasteiger partial charge in [0.25, 0.3) is 0 Å². The van der Waals surface area contributed by atoms with Gasteiger partial charge < -0.3 is 19.6 Å². The van der Waals surface area contributed by atoms with E-state index in [0.29, 0.717) is 0 Å². The summed E-state index contributed by atoms with van der Waals surface area (Å²) >= 11 is 1.92. The topological polar surface area (TPSA) is 13.0 Å². The summed E-state index contributed by atoms with van der Waals surface area (Å²) in [5.74, 6) is 0. The third-order valence-corrected chi connectivity index (χ3v) is 19.4. The normalized spacial score (nSPS) is 15.3. The number of hydrogen-bond acceptors (Lipinski definition) is 5. The number of rotatable bonds is 6. The van der Waals surface area contributed by atoms with Crippen molar-refractivity contribution in [3.05, 3.63) is 257 Å². The smallest absolute Gasteiger partial charge is 0.0756 e. The van der Waals surface area contributed by atoms with Crippen LogP contribution in [0.2, 0.25) is 0 Å². The average Bonchev–Trinajstić information content (AvgIpc) is 2.09. The van der Waals surface area contributed by atoms with Crippen LogP contribution in [0.4, 0.5) is 62.6 Å². The van der Waals surface area contributed by atoms with Crippen LogP contribution in [0.1, 0.15) is 128 Å². The Morgan fingerprint density at radius 3 is 1.36 bits per heavy atom. The van der Waals surface area contributed by atoms with Crippen LogP contribution < -0.4 is 19.6 Å². The van der Waals surface area contributed by atoms with Crippen LogP contribution in [0, 0.1) is 0 Å². The molecular weight excluding hydrogens is 1020 g/mol. The quantitative estimate of drug-likeness (QED) is 0.164. The summed E-state index contributed by atoms with van der Waals surface area (Å²) in [6, 6.07) is 82.0. The largest absolute Gasteiger partial charge is 0.341 e. The number of anilines is 11. The molecule has 2 aliphatic heterocycles. The molecule has 3 aliphatic rings. The van der Waals surface area contributed by atoms with Crippen LogP contribution in [-0.4, -0.2) is 7.05 Å². The maximum atomic E-state index is 2.63. The van der Waals surface area contributed by atoms with Gasteiger partial charge in [-0.3, -0.25) is 0 Å². The van der Waals surface area contributed by atoms with Gasteiger partial charge in [0, 0.05) is 51.0 Å². The molecule has 0 radical (unpaired) electrons. The Morgan fingerprint density at radius 2 is 0.819 bits per heavy atom. The molecule has 1 atom stereocenters. The standard InChI is InChI=1S/C78H74N4S/c1-74(2,3)49-29-37-53(38-30-49)80(54-39-31-50(32-40-54)75(4,5)6)57-45-46-58-62(47-57)78(60-22-15-16-24-64(60)82-66-26-18-17-25-65(66)79(13)67-27-20-23-61(78)72(67)82)63-48-68(73-71(70(58)63)59-21-14-19-28-69(59)83-73)81(55-41-33-51(34-42-55)76(7,8)9)56-43-35-52(36-44-56)77(10,11)12/h14-48H,1-13H3. The Kier molecular flexibility index (Phi) is 11.8. The lowest BCUT2D eigenvalue weighted by Gasteiger charge is -2.49. The maximum absolute atomic E-state index is 2.63. The van der Waals surface area contributed by atoms with Gasteiger partial charge in [0.05, 0.1) is 44.2 Å². The van der Waals surface area contributed by atoms with Crippen molar-refractivity contribution >= 4 is 94.1 Å². The predicted molar refractivity (Wildman–Crippen MR) is 357 cm³/mol. The lowest BCUT2D eigenvalue weighted by Crippen LogP contribution is -2.38. The first-order valence-corrected chi connectivity index (χ1v) is 30.5. The summed E-state index contributed by atoms with van der Waals surface area (Å²) in [7, 11) is 2.24. The van der Waals surface area contributed by atoms with Gasteiger partial charge >= 0.3 is 0 Å². The molecule has 0 N–H and O–H groups in total. The summed E-state index contributed by atoms with van der Waals surface area (Å²) in [5.41, 5.74) is 24.8. The second-order valence-electron chi connectivity index (χ2n) is 27.5. The van der Waals surface area contributed by atoms with E-state index in [4.69, 9.17) is 0 Å². The van der Waals surface area contributed by atoms with Gasteiger partial charge in [-0.05, 0) is 174 Å². The van der Waals surface area contributed by atoms with E-state index in [2.05, 4.69) is 322 Å². The van der Waals surface area contributed by atoms with Crippen molar-refractivity contribution in [2.75, 3.05) is 26.6 Å². The molecule has 412 valence electrons. The molecule has 1 aliphatic carbocycles. The van der Waals surface area contributed by atoms with E-state index < -0.39 is 5.41 Å². The fourth-order valence-electron chi connectivity index (χ4n) is 13.8. The number of thiophene rings is 1. The summed E-state index contributed by atoms with van der Waals surface area (Å²) in [5, 5.41) is 2.57. The molecule has 10 aromatic carbocycles. The molecule has 5 heteroatoms. The number of nitrogens with zero attached hydrogens (tertiary/aromatic N) is 4. The van der Waals surface area contributed by atoms with Crippen LogP contribution in [-0.2, 0) is 27.1 Å². The Morgan fingerprint density at radius 1 is 0.373 bits per heavy atom. The van der Waals surface area contributed by atoms with Crippen LogP contribution in [0.5, 0.6) is 0 Å². The van der Waals surface area contributed by atoms with Crippen molar-refractivity contribution in [1.82, 2.24) is 0 Å². The minimum atomic E-state index is -0.798. The molecule has 14 rings (SSSR count). The first-order chi connectivity index (χ1) is 39.6. The molecule has 3 heterocycles. The third kappa shape index (κ3) is 8.12. The Balaban J connectivity index is 1.13. The maximum Gasteiger partial charge on any atom is 0.0756 e. The van der Waals surface area contributed by atoms with E-state index in [1.165, 1.54) is 110 Å². The van der Waals surface area contributed by atoms with Crippen molar-refractivity contribution in [1.29, 1.82) is 0 Å². The van der Waals surface area contributed by atoms with Gasteiger partial charge in [0.15, 0.2) is 0 Å². The van der Waals surface area contributed by atoms with Gasteiger partial charge in [0.2, 0.25) is 0 Å². The Bertz CT molecular complexity index is 4250. The molecule has 0 fully saturated rings. The highest BCUT2D eigenvalue weighted by atomic mass is 32.1. The highest BCUT2D eigenvalue weighted by Crippen LogP contribution is 2.69.